The molecule has 3 aromatic carbocycles. The minimum absolute atomic E-state index is 0.0164. The molecule has 10 heteroatoms. The third kappa shape index (κ3) is 7.38. The van der Waals surface area contributed by atoms with Gasteiger partial charge in [-0.05, 0) is 57.5 Å². The van der Waals surface area contributed by atoms with Gasteiger partial charge in [-0.25, -0.2) is 12.8 Å². The van der Waals surface area contributed by atoms with E-state index < -0.39 is 40.2 Å². The highest BCUT2D eigenvalue weighted by atomic mass is 32.2. The van der Waals surface area contributed by atoms with Crippen LogP contribution < -0.4 is 14.4 Å². The molecule has 0 aromatic heterocycles. The summed E-state index contributed by atoms with van der Waals surface area (Å²) in [4.78, 5) is 28.2. The number of para-hydroxylation sites is 2. The molecule has 0 fully saturated rings. The Morgan fingerprint density at radius 3 is 2.20 bits per heavy atom. The van der Waals surface area contributed by atoms with Crippen molar-refractivity contribution in [2.45, 2.75) is 57.6 Å². The minimum Gasteiger partial charge on any atom is -0.492 e. The summed E-state index contributed by atoms with van der Waals surface area (Å²) in [6, 6.07) is 19.1. The smallest absolute Gasteiger partial charge is 0.264 e. The maximum atomic E-state index is 14.7. The van der Waals surface area contributed by atoms with Crippen LogP contribution in [0.3, 0.4) is 0 Å². The number of nitrogens with zero attached hydrogens (tertiary/aromatic N) is 2. The highest BCUT2D eigenvalue weighted by molar-refractivity contribution is 7.92. The standard InChI is InChI=1S/C30H36FN3O5S/c1-5-22(3)32-30(36)23(4)33(20-24-14-10-11-17-26(24)31)29(35)21-34(27-18-12-13-19-28(27)39-6-2)40(37,38)25-15-8-7-9-16-25/h7-19,22-23H,5-6,20-21H2,1-4H3,(H,32,36)/t22-,23+/m0/s1. The molecule has 3 rings (SSSR count). The maximum Gasteiger partial charge on any atom is 0.264 e. The van der Waals surface area contributed by atoms with E-state index in [0.717, 1.165) is 4.31 Å². The average Bonchev–Trinajstić information content (AvgIpc) is 2.96. The second-order valence-corrected chi connectivity index (χ2v) is 11.2. The molecule has 40 heavy (non-hydrogen) atoms. The molecular weight excluding hydrogens is 533 g/mol. The summed E-state index contributed by atoms with van der Waals surface area (Å²) in [5.74, 6) is -1.36. The van der Waals surface area contributed by atoms with Crippen LogP contribution in [0, 0.1) is 5.82 Å². The van der Waals surface area contributed by atoms with Crippen LogP contribution in [-0.2, 0) is 26.2 Å². The first-order valence-corrected chi connectivity index (χ1v) is 14.7. The van der Waals surface area contributed by atoms with Crippen LogP contribution in [0.4, 0.5) is 10.1 Å². The van der Waals surface area contributed by atoms with Crippen molar-refractivity contribution in [3.05, 3.63) is 90.2 Å². The summed E-state index contributed by atoms with van der Waals surface area (Å²) in [5, 5.41) is 2.85. The van der Waals surface area contributed by atoms with Gasteiger partial charge in [0.25, 0.3) is 10.0 Å². The van der Waals surface area contributed by atoms with Crippen molar-refractivity contribution in [2.24, 2.45) is 0 Å². The van der Waals surface area contributed by atoms with Crippen molar-refractivity contribution in [3.63, 3.8) is 0 Å². The zero-order chi connectivity index (χ0) is 29.3. The molecule has 0 unspecified atom stereocenters. The van der Waals surface area contributed by atoms with Gasteiger partial charge in [0.15, 0.2) is 0 Å². The van der Waals surface area contributed by atoms with Gasteiger partial charge >= 0.3 is 0 Å². The first kappa shape index (κ1) is 30.6. The highest BCUT2D eigenvalue weighted by Crippen LogP contribution is 2.33. The van der Waals surface area contributed by atoms with E-state index in [1.807, 2.05) is 13.8 Å². The van der Waals surface area contributed by atoms with E-state index >= 15 is 0 Å². The Labute approximate surface area is 235 Å². The molecule has 0 aliphatic heterocycles. The number of carbonyl (C=O) groups excluding carboxylic acids is 2. The molecule has 0 spiro atoms. The summed E-state index contributed by atoms with van der Waals surface area (Å²) >= 11 is 0. The normalized spacial score (nSPS) is 12.7. The van der Waals surface area contributed by atoms with Gasteiger partial charge in [-0.15, -0.1) is 0 Å². The van der Waals surface area contributed by atoms with Crippen molar-refractivity contribution in [2.75, 3.05) is 17.5 Å². The Kier molecular flexibility index (Phi) is 10.7. The fraction of sp³-hybridized carbons (Fsp3) is 0.333. The van der Waals surface area contributed by atoms with Crippen LogP contribution in [0.25, 0.3) is 0 Å². The molecule has 0 heterocycles. The van der Waals surface area contributed by atoms with E-state index in [1.54, 1.807) is 62.4 Å². The fourth-order valence-electron chi connectivity index (χ4n) is 4.03. The Morgan fingerprint density at radius 1 is 0.925 bits per heavy atom. The van der Waals surface area contributed by atoms with Crippen molar-refractivity contribution < 1.29 is 27.1 Å². The van der Waals surface area contributed by atoms with Gasteiger partial charge in [0.2, 0.25) is 11.8 Å². The van der Waals surface area contributed by atoms with Gasteiger partial charge in [-0.1, -0.05) is 55.5 Å². The van der Waals surface area contributed by atoms with Crippen molar-refractivity contribution in [1.82, 2.24) is 10.2 Å². The van der Waals surface area contributed by atoms with E-state index in [9.17, 15) is 22.4 Å². The number of halogens is 1. The lowest BCUT2D eigenvalue weighted by Crippen LogP contribution is -2.52. The summed E-state index contributed by atoms with van der Waals surface area (Å²) in [7, 11) is -4.24. The van der Waals surface area contributed by atoms with Gasteiger partial charge in [-0.3, -0.25) is 13.9 Å². The molecule has 2 amide bonds. The van der Waals surface area contributed by atoms with Crippen LogP contribution in [0.5, 0.6) is 5.75 Å². The molecule has 214 valence electrons. The molecule has 0 radical (unpaired) electrons. The summed E-state index contributed by atoms with van der Waals surface area (Å²) < 4.78 is 49.1. The van der Waals surface area contributed by atoms with E-state index in [4.69, 9.17) is 4.74 Å². The van der Waals surface area contributed by atoms with Crippen LogP contribution >= 0.6 is 0 Å². The van der Waals surface area contributed by atoms with Gasteiger partial charge in [0.05, 0.1) is 17.2 Å². The van der Waals surface area contributed by atoms with Gasteiger partial charge in [0, 0.05) is 18.2 Å². The third-order valence-corrected chi connectivity index (χ3v) is 8.28. The predicted molar refractivity (Wildman–Crippen MR) is 153 cm³/mol. The average molecular weight is 570 g/mol. The number of sulfonamides is 1. The van der Waals surface area contributed by atoms with Gasteiger partial charge in [-0.2, -0.15) is 0 Å². The lowest BCUT2D eigenvalue weighted by atomic mass is 10.1. The SMILES string of the molecule is CCOc1ccccc1N(CC(=O)N(Cc1ccccc1F)[C@H](C)C(=O)N[C@@H](C)CC)S(=O)(=O)c1ccccc1. The molecule has 0 aliphatic carbocycles. The molecule has 0 bridgehead atoms. The van der Waals surface area contributed by atoms with Gasteiger partial charge < -0.3 is 15.0 Å². The Morgan fingerprint density at radius 2 is 1.55 bits per heavy atom. The predicted octanol–water partition coefficient (Wildman–Crippen LogP) is 4.75. The minimum atomic E-state index is -4.24. The number of ether oxygens (including phenoxy) is 1. The molecule has 0 saturated heterocycles. The Bertz CT molecular complexity index is 1400. The number of benzene rings is 3. The third-order valence-electron chi connectivity index (χ3n) is 6.51. The van der Waals surface area contributed by atoms with Crippen molar-refractivity contribution >= 4 is 27.5 Å². The number of hydrogen-bond acceptors (Lipinski definition) is 5. The van der Waals surface area contributed by atoms with Crippen LogP contribution in [0.15, 0.2) is 83.8 Å². The summed E-state index contributed by atoms with van der Waals surface area (Å²) in [6.07, 6.45) is 0.678. The quantitative estimate of drug-likeness (QED) is 0.321. The molecule has 0 saturated carbocycles. The number of hydrogen-bond donors (Lipinski definition) is 1. The van der Waals surface area contributed by atoms with E-state index in [1.165, 1.54) is 35.2 Å². The number of rotatable bonds is 13. The van der Waals surface area contributed by atoms with Gasteiger partial charge in [0.1, 0.15) is 24.2 Å². The monoisotopic (exact) mass is 569 g/mol. The van der Waals surface area contributed by atoms with Crippen LogP contribution in [0.1, 0.15) is 39.7 Å². The first-order valence-electron chi connectivity index (χ1n) is 13.2. The number of amides is 2. The van der Waals surface area contributed by atoms with Crippen molar-refractivity contribution in [1.29, 1.82) is 0 Å². The number of nitrogens with one attached hydrogen (secondary N) is 1. The number of carbonyl (C=O) groups is 2. The van der Waals surface area contributed by atoms with Crippen LogP contribution in [-0.4, -0.2) is 50.4 Å². The van der Waals surface area contributed by atoms with E-state index in [0.29, 0.717) is 6.42 Å². The zero-order valence-electron chi connectivity index (χ0n) is 23.2. The van der Waals surface area contributed by atoms with Crippen LogP contribution in [0.2, 0.25) is 0 Å². The highest BCUT2D eigenvalue weighted by Gasteiger charge is 2.34. The Hall–Kier alpha value is -3.92. The van der Waals surface area contributed by atoms with Crippen molar-refractivity contribution in [3.8, 4) is 5.75 Å². The van der Waals surface area contributed by atoms with E-state index in [2.05, 4.69) is 5.32 Å². The second kappa shape index (κ2) is 13.9. The van der Waals surface area contributed by atoms with E-state index in [-0.39, 0.29) is 41.1 Å². The lowest BCUT2D eigenvalue weighted by Gasteiger charge is -2.33. The molecular formula is C30H36FN3O5S. The maximum absolute atomic E-state index is 14.7. The lowest BCUT2D eigenvalue weighted by molar-refractivity contribution is -0.139. The molecule has 3 aromatic rings. The number of anilines is 1. The molecule has 1 N–H and O–H groups in total. The zero-order valence-corrected chi connectivity index (χ0v) is 24.0. The fourth-order valence-corrected chi connectivity index (χ4v) is 5.48. The molecule has 0 aliphatic rings. The summed E-state index contributed by atoms with van der Waals surface area (Å²) in [6.45, 7) is 6.47. The largest absolute Gasteiger partial charge is 0.492 e. The first-order chi connectivity index (χ1) is 19.1. The Balaban J connectivity index is 2.07. The summed E-state index contributed by atoms with van der Waals surface area (Å²) in [5.41, 5.74) is 0.371. The molecule has 2 atom stereocenters. The topological polar surface area (TPSA) is 96.0 Å². The molecule has 8 nitrogen and oxygen atoms in total. The second-order valence-electron chi connectivity index (χ2n) is 9.33.